The highest BCUT2D eigenvalue weighted by atomic mass is 35.5. The lowest BCUT2D eigenvalue weighted by atomic mass is 9.92. The maximum atomic E-state index is 15.3. The molecule has 3 atom stereocenters. The maximum absolute atomic E-state index is 15.3. The molecule has 0 radical (unpaired) electrons. The first-order chi connectivity index (χ1) is 16.0. The van der Waals surface area contributed by atoms with Gasteiger partial charge in [0.05, 0.1) is 18.2 Å². The number of carbonyl (C=O) groups excluding carboxylic acids is 1. The molecule has 5 nitrogen and oxygen atoms in total. The largest absolute Gasteiger partial charge is 0.447 e. The van der Waals surface area contributed by atoms with Crippen LogP contribution in [0.25, 0.3) is 0 Å². The Balaban J connectivity index is 1.54. The third-order valence-corrected chi connectivity index (χ3v) is 6.27. The van der Waals surface area contributed by atoms with Crippen LogP contribution in [0.4, 0.5) is 8.78 Å². The Morgan fingerprint density at radius 1 is 0.909 bits per heavy atom. The van der Waals surface area contributed by atoms with E-state index in [-0.39, 0.29) is 35.8 Å². The van der Waals surface area contributed by atoms with Gasteiger partial charge >= 0.3 is 0 Å². The Bertz CT molecular complexity index is 1230. The second kappa shape index (κ2) is 8.82. The van der Waals surface area contributed by atoms with Crippen molar-refractivity contribution in [3.8, 4) is 11.5 Å². The summed E-state index contributed by atoms with van der Waals surface area (Å²) in [6.07, 6.45) is -1.15. The van der Waals surface area contributed by atoms with Gasteiger partial charge in [-0.1, -0.05) is 41.4 Å². The first-order valence-corrected chi connectivity index (χ1v) is 10.9. The molecule has 0 aliphatic carbocycles. The number of fused-ring (bicyclic) bond motifs is 1. The van der Waals surface area contributed by atoms with Crippen LogP contribution in [-0.2, 0) is 9.53 Å². The van der Waals surface area contributed by atoms with Crippen molar-refractivity contribution in [2.75, 3.05) is 13.2 Å². The summed E-state index contributed by atoms with van der Waals surface area (Å²) in [4.78, 5) is 13.3. The molecule has 1 fully saturated rings. The van der Waals surface area contributed by atoms with Gasteiger partial charge < -0.3 is 19.1 Å². The lowest BCUT2D eigenvalue weighted by molar-refractivity contribution is -0.134. The first kappa shape index (κ1) is 21.9. The summed E-state index contributed by atoms with van der Waals surface area (Å²) in [7, 11) is 0. The Morgan fingerprint density at radius 3 is 2.39 bits per heavy atom. The zero-order chi connectivity index (χ0) is 23.1. The molecule has 5 rings (SSSR count). The van der Waals surface area contributed by atoms with E-state index in [2.05, 4.69) is 0 Å². The smallest absolute Gasteiger partial charge is 0.270 e. The third-order valence-electron chi connectivity index (χ3n) is 5.70. The molecule has 3 aromatic rings. The minimum atomic E-state index is -1.05. The van der Waals surface area contributed by atoms with Crippen molar-refractivity contribution in [1.82, 2.24) is 4.90 Å². The van der Waals surface area contributed by atoms with Crippen molar-refractivity contribution in [3.63, 3.8) is 0 Å². The van der Waals surface area contributed by atoms with Crippen molar-refractivity contribution in [2.24, 2.45) is 0 Å². The predicted octanol–water partition coefficient (Wildman–Crippen LogP) is 6.01. The van der Waals surface area contributed by atoms with Crippen LogP contribution in [0.5, 0.6) is 11.5 Å². The van der Waals surface area contributed by atoms with Gasteiger partial charge in [0, 0.05) is 33.8 Å². The molecular formula is C24H17Cl2F2NO4. The molecule has 1 amide bonds. The molecule has 33 heavy (non-hydrogen) atoms. The van der Waals surface area contributed by atoms with Crippen molar-refractivity contribution < 1.29 is 27.8 Å². The second-order valence-electron chi connectivity index (χ2n) is 7.65. The average molecular weight is 492 g/mol. The number of amides is 1. The van der Waals surface area contributed by atoms with E-state index in [0.29, 0.717) is 22.0 Å². The lowest BCUT2D eigenvalue weighted by Crippen LogP contribution is -2.41. The third kappa shape index (κ3) is 4.01. The number of hydrogen-bond donors (Lipinski definition) is 0. The molecule has 0 aromatic heterocycles. The van der Waals surface area contributed by atoms with Crippen LogP contribution in [0.3, 0.4) is 0 Å². The molecular weight excluding hydrogens is 475 g/mol. The van der Waals surface area contributed by atoms with Gasteiger partial charge in [0.1, 0.15) is 17.7 Å². The van der Waals surface area contributed by atoms with Gasteiger partial charge in [0.2, 0.25) is 6.41 Å². The van der Waals surface area contributed by atoms with Crippen molar-refractivity contribution in [1.29, 1.82) is 0 Å². The van der Waals surface area contributed by atoms with E-state index >= 15 is 4.39 Å². The minimum absolute atomic E-state index is 0.139. The monoisotopic (exact) mass is 491 g/mol. The molecule has 0 bridgehead atoms. The molecule has 0 spiro atoms. The highest BCUT2D eigenvalue weighted by molar-refractivity contribution is 6.35. The SMILES string of the molecule is O=CN1CCOC(c2ccc(Cl)cc2Cl)C1c1cc2c(cc1F)O[C@H](c1ccccc1F)O2. The summed E-state index contributed by atoms with van der Waals surface area (Å²) in [5.74, 6) is -0.748. The lowest BCUT2D eigenvalue weighted by Gasteiger charge is -2.40. The summed E-state index contributed by atoms with van der Waals surface area (Å²) >= 11 is 12.4. The second-order valence-corrected chi connectivity index (χ2v) is 8.50. The van der Waals surface area contributed by atoms with Gasteiger partial charge in [-0.3, -0.25) is 4.79 Å². The van der Waals surface area contributed by atoms with Crippen molar-refractivity contribution in [2.45, 2.75) is 18.4 Å². The van der Waals surface area contributed by atoms with Crippen LogP contribution in [0.2, 0.25) is 10.0 Å². The molecule has 2 heterocycles. The summed E-state index contributed by atoms with van der Waals surface area (Å²) in [6.45, 7) is 0.516. The predicted molar refractivity (Wildman–Crippen MR) is 117 cm³/mol. The number of rotatable bonds is 4. The van der Waals surface area contributed by atoms with Gasteiger partial charge in [-0.15, -0.1) is 0 Å². The van der Waals surface area contributed by atoms with E-state index in [0.717, 1.165) is 0 Å². The molecule has 0 N–H and O–H groups in total. The fourth-order valence-electron chi connectivity index (χ4n) is 4.15. The van der Waals surface area contributed by atoms with Crippen LogP contribution >= 0.6 is 23.2 Å². The first-order valence-electron chi connectivity index (χ1n) is 10.1. The molecule has 2 aliphatic heterocycles. The summed E-state index contributed by atoms with van der Waals surface area (Å²) in [5.41, 5.74) is 0.922. The number of benzene rings is 3. The molecule has 2 aliphatic rings. The van der Waals surface area contributed by atoms with Crippen LogP contribution in [-0.4, -0.2) is 24.5 Å². The normalized spacial score (nSPS) is 21.8. The van der Waals surface area contributed by atoms with Gasteiger partial charge in [-0.25, -0.2) is 8.78 Å². The minimum Gasteiger partial charge on any atom is -0.447 e. The topological polar surface area (TPSA) is 48.0 Å². The quantitative estimate of drug-likeness (QED) is 0.419. The summed E-state index contributed by atoms with van der Waals surface area (Å²) < 4.78 is 46.9. The van der Waals surface area contributed by atoms with Crippen molar-refractivity contribution in [3.05, 3.63) is 93.0 Å². The highest BCUT2D eigenvalue weighted by Gasteiger charge is 2.39. The van der Waals surface area contributed by atoms with E-state index in [1.54, 1.807) is 30.3 Å². The fourth-order valence-corrected chi connectivity index (χ4v) is 4.67. The number of hydrogen-bond acceptors (Lipinski definition) is 4. The number of morpholine rings is 1. The molecule has 2 unspecified atom stereocenters. The standard InChI is InChI=1S/C24H17Cl2F2NO4/c25-13-5-6-14(17(26)9-13)23-22(29(12-30)7-8-31-23)16-10-20-21(11-19(16)28)33-24(32-20)15-3-1-2-4-18(15)27/h1-6,9-12,22-24H,7-8H2/t22?,23?,24-/m1/s1. The van der Waals surface area contributed by atoms with Gasteiger partial charge in [-0.05, 0) is 30.3 Å². The van der Waals surface area contributed by atoms with Gasteiger partial charge in [0.25, 0.3) is 6.29 Å². The molecule has 3 aromatic carbocycles. The number of halogens is 4. The highest BCUT2D eigenvalue weighted by Crippen LogP contribution is 2.48. The van der Waals surface area contributed by atoms with E-state index in [1.165, 1.54) is 29.2 Å². The Kier molecular flexibility index (Phi) is 5.86. The van der Waals surface area contributed by atoms with Crippen LogP contribution in [0.15, 0.2) is 54.6 Å². The van der Waals surface area contributed by atoms with Gasteiger partial charge in [-0.2, -0.15) is 0 Å². The summed E-state index contributed by atoms with van der Waals surface area (Å²) in [6, 6.07) is 12.7. The van der Waals surface area contributed by atoms with Crippen molar-refractivity contribution >= 4 is 29.6 Å². The number of nitrogens with zero attached hydrogens (tertiary/aromatic N) is 1. The van der Waals surface area contributed by atoms with Crippen LogP contribution in [0.1, 0.15) is 35.1 Å². The molecule has 170 valence electrons. The van der Waals surface area contributed by atoms with Crippen LogP contribution < -0.4 is 9.47 Å². The van der Waals surface area contributed by atoms with E-state index in [1.807, 2.05) is 0 Å². The van der Waals surface area contributed by atoms with Gasteiger partial charge in [0.15, 0.2) is 11.5 Å². The zero-order valence-corrected chi connectivity index (χ0v) is 18.5. The fraction of sp³-hybridized carbons (Fsp3) is 0.208. The van der Waals surface area contributed by atoms with Crippen LogP contribution in [0, 0.1) is 11.6 Å². The van der Waals surface area contributed by atoms with E-state index < -0.39 is 30.1 Å². The van der Waals surface area contributed by atoms with E-state index in [9.17, 15) is 9.18 Å². The maximum Gasteiger partial charge on any atom is 0.270 e. The number of ether oxygens (including phenoxy) is 3. The Hall–Kier alpha value is -2.87. The Morgan fingerprint density at radius 2 is 1.67 bits per heavy atom. The molecule has 1 saturated heterocycles. The van der Waals surface area contributed by atoms with E-state index in [4.69, 9.17) is 37.4 Å². The number of carbonyl (C=O) groups is 1. The molecule has 9 heteroatoms. The summed E-state index contributed by atoms with van der Waals surface area (Å²) in [5, 5.41) is 0.780. The molecule has 0 saturated carbocycles. The average Bonchev–Trinajstić information content (AvgIpc) is 3.21. The zero-order valence-electron chi connectivity index (χ0n) is 17.0. The Labute approximate surface area is 198 Å².